The number of aromatic nitrogens is 1. The average molecular weight is 445 g/mol. The first kappa shape index (κ1) is 23.1. The predicted molar refractivity (Wildman–Crippen MR) is 123 cm³/mol. The summed E-state index contributed by atoms with van der Waals surface area (Å²) in [5.74, 6) is 1.37. The quantitative estimate of drug-likeness (QED) is 0.479. The Kier molecular flexibility index (Phi) is 7.90. The number of nitrogens with one attached hydrogen (secondary N) is 2. The highest BCUT2D eigenvalue weighted by Gasteiger charge is 2.17. The van der Waals surface area contributed by atoms with Crippen molar-refractivity contribution < 1.29 is 13.2 Å². The van der Waals surface area contributed by atoms with Gasteiger partial charge in [-0.25, -0.2) is 18.4 Å². The molecule has 0 amide bonds. The lowest BCUT2D eigenvalue weighted by molar-refractivity contribution is 0.201. The highest BCUT2D eigenvalue weighted by molar-refractivity contribution is 7.90. The molecule has 1 aliphatic rings. The van der Waals surface area contributed by atoms with E-state index in [0.29, 0.717) is 29.8 Å². The molecule has 3 rings (SSSR count). The maximum atomic E-state index is 11.8. The minimum atomic E-state index is -3.22. The van der Waals surface area contributed by atoms with Crippen molar-refractivity contribution in [3.8, 4) is 5.88 Å². The predicted octanol–water partition coefficient (Wildman–Crippen LogP) is 3.37. The van der Waals surface area contributed by atoms with Crippen molar-refractivity contribution >= 4 is 15.8 Å². The Morgan fingerprint density at radius 2 is 1.94 bits per heavy atom. The number of guanidine groups is 1. The molecule has 0 saturated heterocycles. The SMILES string of the molecule is CCNC(=NCc1ccc(S(C)(=O)=O)c(C)c1)NCc1ccnc(OC2CCCC2)c1. The number of pyridine rings is 1. The van der Waals surface area contributed by atoms with E-state index in [4.69, 9.17) is 4.74 Å². The van der Waals surface area contributed by atoms with Gasteiger partial charge in [-0.05, 0) is 68.4 Å². The molecule has 1 aromatic carbocycles. The number of benzene rings is 1. The molecule has 0 radical (unpaired) electrons. The number of sulfone groups is 1. The third-order valence-corrected chi connectivity index (χ3v) is 6.51. The molecule has 0 spiro atoms. The van der Waals surface area contributed by atoms with Crippen LogP contribution < -0.4 is 15.4 Å². The van der Waals surface area contributed by atoms with Crippen LogP contribution in [-0.2, 0) is 22.9 Å². The first-order valence-electron chi connectivity index (χ1n) is 10.8. The summed E-state index contributed by atoms with van der Waals surface area (Å²) in [7, 11) is -3.22. The fourth-order valence-corrected chi connectivity index (χ4v) is 4.68. The Hall–Kier alpha value is -2.61. The smallest absolute Gasteiger partial charge is 0.213 e. The van der Waals surface area contributed by atoms with E-state index in [9.17, 15) is 8.42 Å². The number of aryl methyl sites for hydroxylation is 1. The van der Waals surface area contributed by atoms with E-state index in [0.717, 1.165) is 36.1 Å². The first-order chi connectivity index (χ1) is 14.8. The van der Waals surface area contributed by atoms with Crippen LogP contribution in [0, 0.1) is 6.92 Å². The normalized spacial score (nSPS) is 15.1. The van der Waals surface area contributed by atoms with Crippen molar-refractivity contribution in [1.29, 1.82) is 0 Å². The monoisotopic (exact) mass is 444 g/mol. The largest absolute Gasteiger partial charge is 0.474 e. The van der Waals surface area contributed by atoms with Crippen molar-refractivity contribution in [3.63, 3.8) is 0 Å². The second-order valence-electron chi connectivity index (χ2n) is 7.95. The number of rotatable bonds is 8. The van der Waals surface area contributed by atoms with Gasteiger partial charge < -0.3 is 15.4 Å². The van der Waals surface area contributed by atoms with Crippen LogP contribution >= 0.6 is 0 Å². The van der Waals surface area contributed by atoms with Gasteiger partial charge in [0, 0.05) is 31.6 Å². The molecule has 1 aromatic heterocycles. The molecule has 0 atom stereocenters. The van der Waals surface area contributed by atoms with Crippen molar-refractivity contribution in [2.24, 2.45) is 4.99 Å². The molecule has 168 valence electrons. The van der Waals surface area contributed by atoms with Gasteiger partial charge in [0.05, 0.1) is 11.4 Å². The third-order valence-electron chi connectivity index (χ3n) is 5.25. The molecular weight excluding hydrogens is 412 g/mol. The first-order valence-corrected chi connectivity index (χ1v) is 12.7. The summed E-state index contributed by atoms with van der Waals surface area (Å²) in [6, 6.07) is 9.27. The Balaban J connectivity index is 1.62. The number of hydrogen-bond donors (Lipinski definition) is 2. The zero-order chi connectivity index (χ0) is 22.3. The number of hydrogen-bond acceptors (Lipinski definition) is 5. The van der Waals surface area contributed by atoms with E-state index in [1.807, 2.05) is 38.1 Å². The molecule has 0 aliphatic heterocycles. The van der Waals surface area contributed by atoms with Crippen molar-refractivity contribution in [3.05, 3.63) is 53.2 Å². The van der Waals surface area contributed by atoms with Crippen LogP contribution in [-0.4, -0.2) is 38.3 Å². The van der Waals surface area contributed by atoms with E-state index in [1.54, 1.807) is 12.3 Å². The molecule has 1 aliphatic carbocycles. The highest BCUT2D eigenvalue weighted by Crippen LogP contribution is 2.23. The van der Waals surface area contributed by atoms with Crippen LogP contribution in [0.25, 0.3) is 0 Å². The number of ether oxygens (including phenoxy) is 1. The van der Waals surface area contributed by atoms with Gasteiger partial charge in [0.15, 0.2) is 15.8 Å². The maximum absolute atomic E-state index is 11.8. The summed E-state index contributed by atoms with van der Waals surface area (Å²) in [6.45, 7) is 5.61. The van der Waals surface area contributed by atoms with E-state index in [-0.39, 0.29) is 6.10 Å². The molecule has 31 heavy (non-hydrogen) atoms. The maximum Gasteiger partial charge on any atom is 0.213 e. The fourth-order valence-electron chi connectivity index (χ4n) is 3.73. The molecule has 1 fully saturated rings. The molecule has 1 saturated carbocycles. The van der Waals surface area contributed by atoms with Crippen LogP contribution in [0.5, 0.6) is 5.88 Å². The van der Waals surface area contributed by atoms with Crippen LogP contribution in [0.1, 0.15) is 49.3 Å². The summed E-state index contributed by atoms with van der Waals surface area (Å²) in [5.41, 5.74) is 2.76. The van der Waals surface area contributed by atoms with Crippen LogP contribution in [0.2, 0.25) is 0 Å². The summed E-state index contributed by atoms with van der Waals surface area (Å²) in [4.78, 5) is 9.33. The van der Waals surface area contributed by atoms with Gasteiger partial charge in [0.1, 0.15) is 6.10 Å². The molecule has 2 N–H and O–H groups in total. The molecule has 7 nitrogen and oxygen atoms in total. The van der Waals surface area contributed by atoms with Gasteiger partial charge in [-0.2, -0.15) is 0 Å². The lowest BCUT2D eigenvalue weighted by atomic mass is 10.1. The lowest BCUT2D eigenvalue weighted by Gasteiger charge is -2.14. The molecule has 1 heterocycles. The molecule has 0 unspecified atom stereocenters. The van der Waals surface area contributed by atoms with E-state index in [2.05, 4.69) is 20.6 Å². The highest BCUT2D eigenvalue weighted by atomic mass is 32.2. The molecule has 0 bridgehead atoms. The fraction of sp³-hybridized carbons (Fsp3) is 0.478. The second-order valence-corrected chi connectivity index (χ2v) is 9.93. The van der Waals surface area contributed by atoms with Crippen molar-refractivity contribution in [2.75, 3.05) is 12.8 Å². The summed E-state index contributed by atoms with van der Waals surface area (Å²) >= 11 is 0. The van der Waals surface area contributed by atoms with E-state index < -0.39 is 9.84 Å². The second kappa shape index (κ2) is 10.6. The lowest BCUT2D eigenvalue weighted by Crippen LogP contribution is -2.36. The average Bonchev–Trinajstić information content (AvgIpc) is 3.22. The Morgan fingerprint density at radius 1 is 1.16 bits per heavy atom. The topological polar surface area (TPSA) is 92.7 Å². The van der Waals surface area contributed by atoms with Crippen LogP contribution in [0.4, 0.5) is 0 Å². The minimum absolute atomic E-state index is 0.284. The molecule has 2 aromatic rings. The molecular formula is C23H32N4O3S. The van der Waals surface area contributed by atoms with E-state index >= 15 is 0 Å². The Bertz CT molecular complexity index is 1020. The Labute approximate surface area is 185 Å². The van der Waals surface area contributed by atoms with E-state index in [1.165, 1.54) is 19.1 Å². The zero-order valence-electron chi connectivity index (χ0n) is 18.5. The third kappa shape index (κ3) is 6.95. The van der Waals surface area contributed by atoms with Gasteiger partial charge in [-0.1, -0.05) is 12.1 Å². The van der Waals surface area contributed by atoms with Gasteiger partial charge in [-0.15, -0.1) is 0 Å². The van der Waals surface area contributed by atoms with Gasteiger partial charge >= 0.3 is 0 Å². The van der Waals surface area contributed by atoms with Crippen LogP contribution in [0.3, 0.4) is 0 Å². The van der Waals surface area contributed by atoms with Gasteiger partial charge in [0.25, 0.3) is 0 Å². The summed E-state index contributed by atoms with van der Waals surface area (Å²) in [6.07, 6.45) is 7.95. The van der Waals surface area contributed by atoms with Crippen LogP contribution in [0.15, 0.2) is 46.4 Å². The standard InChI is InChI=1S/C23H32N4O3S/c1-4-24-23(26-15-18-9-10-21(17(2)13-18)31(3,28)29)27-16-19-11-12-25-22(14-19)30-20-7-5-6-8-20/h9-14,20H,4-8,15-16H2,1-3H3,(H2,24,26,27). The molecule has 8 heteroatoms. The Morgan fingerprint density at radius 3 is 2.61 bits per heavy atom. The van der Waals surface area contributed by atoms with Crippen molar-refractivity contribution in [2.45, 2.75) is 63.6 Å². The summed E-state index contributed by atoms with van der Waals surface area (Å²) in [5, 5.41) is 6.58. The minimum Gasteiger partial charge on any atom is -0.474 e. The zero-order valence-corrected chi connectivity index (χ0v) is 19.3. The number of aliphatic imine (C=N–C) groups is 1. The number of nitrogens with zero attached hydrogens (tertiary/aromatic N) is 2. The van der Waals surface area contributed by atoms with Crippen molar-refractivity contribution in [1.82, 2.24) is 15.6 Å². The van der Waals surface area contributed by atoms with Gasteiger partial charge in [-0.3, -0.25) is 0 Å². The van der Waals surface area contributed by atoms with Gasteiger partial charge in [0.2, 0.25) is 5.88 Å². The summed E-state index contributed by atoms with van der Waals surface area (Å²) < 4.78 is 29.6.